The molecule has 0 amide bonds. The zero-order valence-corrected chi connectivity index (χ0v) is 7.57. The fourth-order valence-corrected chi connectivity index (χ4v) is 0.201. The zero-order chi connectivity index (χ0) is 10.9. The highest BCUT2D eigenvalue weighted by Crippen LogP contribution is 1.82. The maximum atomic E-state index is 9.94. The predicted molar refractivity (Wildman–Crippen MR) is 46.0 cm³/mol. The van der Waals surface area contributed by atoms with Gasteiger partial charge in [0.05, 0.1) is 14.2 Å². The van der Waals surface area contributed by atoms with Gasteiger partial charge in [0, 0.05) is 6.08 Å². The number of hydrogen-bond donors (Lipinski definition) is 1. The summed E-state index contributed by atoms with van der Waals surface area (Å²) in [6.07, 6.45) is 1.11. The van der Waals surface area contributed by atoms with E-state index in [1.807, 2.05) is 0 Å². The number of esters is 2. The molecular weight excluding hydrogens is 176 g/mol. The molecule has 0 radical (unpaired) electrons. The first-order valence-electron chi connectivity index (χ1n) is 3.16. The molecule has 0 aliphatic rings. The van der Waals surface area contributed by atoms with Crippen LogP contribution in [0.1, 0.15) is 0 Å². The van der Waals surface area contributed by atoms with Gasteiger partial charge in [0.15, 0.2) is 5.76 Å². The number of carbonyl (C=O) groups excluding carboxylic acids is 2. The third-order valence-electron chi connectivity index (χ3n) is 0.789. The Kier molecular flexibility index (Phi) is 8.82. The summed E-state index contributed by atoms with van der Waals surface area (Å²) >= 11 is 0. The van der Waals surface area contributed by atoms with Gasteiger partial charge >= 0.3 is 11.9 Å². The van der Waals surface area contributed by atoms with E-state index >= 15 is 0 Å². The highest BCUT2D eigenvalue weighted by atomic mass is 16.5. The van der Waals surface area contributed by atoms with Crippen molar-refractivity contribution in [1.29, 1.82) is 0 Å². The van der Waals surface area contributed by atoms with Crippen LogP contribution in [0.25, 0.3) is 0 Å². The van der Waals surface area contributed by atoms with Gasteiger partial charge in [0.25, 0.3) is 0 Å². The Morgan fingerprint density at radius 2 is 1.77 bits per heavy atom. The van der Waals surface area contributed by atoms with Crippen LogP contribution in [0.4, 0.5) is 0 Å². The Labute approximate surface area is 76.3 Å². The standard InChI is InChI=1S/C4H6O3.C4H6O2/c1-3(5)4(6)7-2;1-3-4(5)6-2/h5H,1H2,2H3;3H,1H2,2H3. The van der Waals surface area contributed by atoms with E-state index in [9.17, 15) is 9.59 Å². The third kappa shape index (κ3) is 10.2. The molecule has 5 nitrogen and oxygen atoms in total. The summed E-state index contributed by atoms with van der Waals surface area (Å²) in [6, 6.07) is 0. The summed E-state index contributed by atoms with van der Waals surface area (Å²) in [4.78, 5) is 19.8. The number of carbonyl (C=O) groups is 2. The van der Waals surface area contributed by atoms with E-state index in [0.717, 1.165) is 6.08 Å². The maximum absolute atomic E-state index is 9.94. The molecule has 0 aliphatic heterocycles. The molecule has 0 atom stereocenters. The van der Waals surface area contributed by atoms with Gasteiger partial charge in [0.2, 0.25) is 0 Å². The predicted octanol–water partition coefficient (Wildman–Crippen LogP) is 0.577. The number of rotatable bonds is 2. The van der Waals surface area contributed by atoms with Gasteiger partial charge in [-0.3, -0.25) is 0 Å². The van der Waals surface area contributed by atoms with Gasteiger partial charge in [-0.2, -0.15) is 0 Å². The number of methoxy groups -OCH3 is 2. The summed E-state index contributed by atoms with van der Waals surface area (Å²) in [5.41, 5.74) is 0. The molecule has 13 heavy (non-hydrogen) atoms. The van der Waals surface area contributed by atoms with E-state index in [4.69, 9.17) is 5.11 Å². The molecule has 0 spiro atoms. The van der Waals surface area contributed by atoms with Crippen LogP contribution in [-0.4, -0.2) is 31.3 Å². The zero-order valence-electron chi connectivity index (χ0n) is 7.57. The second-order valence-electron chi connectivity index (χ2n) is 1.67. The molecule has 0 heterocycles. The lowest BCUT2D eigenvalue weighted by Gasteiger charge is -1.90. The van der Waals surface area contributed by atoms with Crippen LogP contribution in [0, 0.1) is 0 Å². The summed E-state index contributed by atoms with van der Waals surface area (Å²) in [5.74, 6) is -1.75. The topological polar surface area (TPSA) is 72.8 Å². The number of aliphatic hydroxyl groups excluding tert-OH is 1. The van der Waals surface area contributed by atoms with Crippen LogP contribution in [0.15, 0.2) is 25.0 Å². The van der Waals surface area contributed by atoms with Crippen LogP contribution in [0.2, 0.25) is 0 Å². The fraction of sp³-hybridized carbons (Fsp3) is 0.250. The summed E-state index contributed by atoms with van der Waals surface area (Å²) < 4.78 is 8.17. The smallest absolute Gasteiger partial charge is 0.372 e. The molecule has 0 aliphatic carbocycles. The Morgan fingerprint density at radius 3 is 1.77 bits per heavy atom. The molecule has 0 rings (SSSR count). The van der Waals surface area contributed by atoms with E-state index in [1.54, 1.807) is 0 Å². The highest BCUT2D eigenvalue weighted by Gasteiger charge is 1.99. The average Bonchev–Trinajstić information content (AvgIpc) is 2.16. The molecule has 0 aromatic carbocycles. The molecule has 0 bridgehead atoms. The fourth-order valence-electron chi connectivity index (χ4n) is 0.201. The van der Waals surface area contributed by atoms with Crippen molar-refractivity contribution in [3.05, 3.63) is 25.0 Å². The van der Waals surface area contributed by atoms with Gasteiger partial charge < -0.3 is 14.6 Å². The number of ether oxygens (including phenoxy) is 2. The summed E-state index contributed by atoms with van der Waals surface area (Å²) in [5, 5.41) is 8.15. The van der Waals surface area contributed by atoms with Gasteiger partial charge in [-0.05, 0) is 6.58 Å². The van der Waals surface area contributed by atoms with Gasteiger partial charge in [-0.1, -0.05) is 6.58 Å². The monoisotopic (exact) mass is 188 g/mol. The molecule has 0 saturated heterocycles. The van der Waals surface area contributed by atoms with E-state index in [0.29, 0.717) is 0 Å². The third-order valence-corrected chi connectivity index (χ3v) is 0.789. The number of hydrogen-bond acceptors (Lipinski definition) is 5. The SMILES string of the molecule is C=C(O)C(=O)OC.C=CC(=O)OC. The minimum absolute atomic E-state index is 0.394. The highest BCUT2D eigenvalue weighted by molar-refractivity contribution is 5.84. The quantitative estimate of drug-likeness (QED) is 0.389. The molecular formula is C8H12O5. The first-order valence-corrected chi connectivity index (χ1v) is 3.16. The minimum Gasteiger partial charge on any atom is -0.502 e. The lowest BCUT2D eigenvalue weighted by atomic mass is 10.6. The molecule has 0 saturated carbocycles. The first-order chi connectivity index (χ1) is 5.99. The van der Waals surface area contributed by atoms with Crippen LogP contribution < -0.4 is 0 Å². The van der Waals surface area contributed by atoms with Crippen molar-refractivity contribution >= 4 is 11.9 Å². The van der Waals surface area contributed by atoms with Crippen LogP contribution in [0.5, 0.6) is 0 Å². The van der Waals surface area contributed by atoms with Crippen LogP contribution in [0.3, 0.4) is 0 Å². The molecule has 1 N–H and O–H groups in total. The van der Waals surface area contributed by atoms with Crippen molar-refractivity contribution in [3.63, 3.8) is 0 Å². The van der Waals surface area contributed by atoms with Crippen molar-refractivity contribution in [3.8, 4) is 0 Å². The Hall–Kier alpha value is -1.78. The van der Waals surface area contributed by atoms with E-state index in [2.05, 4.69) is 22.6 Å². The van der Waals surface area contributed by atoms with Crippen molar-refractivity contribution < 1.29 is 24.2 Å². The van der Waals surface area contributed by atoms with Crippen molar-refractivity contribution in [1.82, 2.24) is 0 Å². The number of aliphatic hydroxyl groups is 1. The molecule has 0 aromatic rings. The second kappa shape index (κ2) is 8.32. The molecule has 74 valence electrons. The van der Waals surface area contributed by atoms with Crippen LogP contribution in [-0.2, 0) is 19.1 Å². The van der Waals surface area contributed by atoms with E-state index in [-0.39, 0.29) is 0 Å². The van der Waals surface area contributed by atoms with Crippen molar-refractivity contribution in [2.75, 3.05) is 14.2 Å². The van der Waals surface area contributed by atoms with Gasteiger partial charge in [0.1, 0.15) is 0 Å². The van der Waals surface area contributed by atoms with Crippen LogP contribution >= 0.6 is 0 Å². The average molecular weight is 188 g/mol. The summed E-state index contributed by atoms with van der Waals surface area (Å²) in [7, 11) is 2.48. The lowest BCUT2D eigenvalue weighted by Crippen LogP contribution is -2.01. The van der Waals surface area contributed by atoms with Crippen molar-refractivity contribution in [2.24, 2.45) is 0 Å². The lowest BCUT2D eigenvalue weighted by molar-refractivity contribution is -0.139. The normalized spacial score (nSPS) is 7.23. The molecule has 0 aromatic heterocycles. The first kappa shape index (κ1) is 13.8. The second-order valence-corrected chi connectivity index (χ2v) is 1.67. The Balaban J connectivity index is 0. The largest absolute Gasteiger partial charge is 0.502 e. The van der Waals surface area contributed by atoms with Crippen molar-refractivity contribution in [2.45, 2.75) is 0 Å². The molecule has 5 heteroatoms. The maximum Gasteiger partial charge on any atom is 0.372 e. The minimum atomic E-state index is -0.792. The summed E-state index contributed by atoms with van der Waals surface area (Å²) in [6.45, 7) is 6.06. The molecule has 0 fully saturated rings. The van der Waals surface area contributed by atoms with E-state index < -0.39 is 17.7 Å². The Bertz CT molecular complexity index is 207. The van der Waals surface area contributed by atoms with E-state index in [1.165, 1.54) is 14.2 Å². The molecule has 0 unspecified atom stereocenters. The Morgan fingerprint density at radius 1 is 1.31 bits per heavy atom. The van der Waals surface area contributed by atoms with Gasteiger partial charge in [-0.15, -0.1) is 0 Å². The van der Waals surface area contributed by atoms with Gasteiger partial charge in [-0.25, -0.2) is 9.59 Å².